The highest BCUT2D eigenvalue weighted by Crippen LogP contribution is 1.90. The molecular weight excluding hydrogens is 188 g/mol. The fourth-order valence-corrected chi connectivity index (χ4v) is 1.81. The number of nitrogens with one attached hydrogen (secondary N) is 1. The van der Waals surface area contributed by atoms with Gasteiger partial charge in [-0.15, -0.1) is 0 Å². The molecule has 5 heteroatoms. The fraction of sp³-hybridized carbons (Fsp3) is 0.875. The van der Waals surface area contributed by atoms with Gasteiger partial charge in [0.05, 0.1) is 0 Å². The van der Waals surface area contributed by atoms with Crippen LogP contribution in [0.15, 0.2) is 0 Å². The molecule has 78 valence electrons. The van der Waals surface area contributed by atoms with Gasteiger partial charge in [0.25, 0.3) is 0 Å². The van der Waals surface area contributed by atoms with Crippen LogP contribution in [0.25, 0.3) is 0 Å². The lowest BCUT2D eigenvalue weighted by Gasteiger charge is -2.13. The number of amides is 1. The second-order valence-electron chi connectivity index (χ2n) is 3.39. The largest absolute Gasteiger partial charge is 0.353 e. The third-order valence-corrected chi connectivity index (χ3v) is 2.37. The van der Waals surface area contributed by atoms with Gasteiger partial charge in [0.1, 0.15) is 0 Å². The van der Waals surface area contributed by atoms with Crippen LogP contribution in [-0.4, -0.2) is 34.2 Å². The Hall–Kier alpha value is -0.420. The molecule has 0 rings (SSSR count). The maximum Gasteiger partial charge on any atom is 0.221 e. The molecule has 13 heavy (non-hydrogen) atoms. The standard InChI is InChI=1S/C8H18N2O2S/c1-6(9)4-8(11)10-7(2)5-13(3)12/h6-7H,4-5,9H2,1-3H3,(H,10,11). The summed E-state index contributed by atoms with van der Waals surface area (Å²) in [6.07, 6.45) is 1.94. The highest BCUT2D eigenvalue weighted by Gasteiger charge is 2.09. The van der Waals surface area contributed by atoms with Crippen LogP contribution in [0, 0.1) is 0 Å². The van der Waals surface area contributed by atoms with Crippen molar-refractivity contribution in [1.82, 2.24) is 5.32 Å². The van der Waals surface area contributed by atoms with Crippen molar-refractivity contribution in [3.63, 3.8) is 0 Å². The summed E-state index contributed by atoms with van der Waals surface area (Å²) >= 11 is 0. The zero-order chi connectivity index (χ0) is 10.4. The summed E-state index contributed by atoms with van der Waals surface area (Å²) in [5, 5.41) is 2.73. The Morgan fingerprint density at radius 1 is 1.54 bits per heavy atom. The van der Waals surface area contributed by atoms with Gasteiger partial charge in [-0.1, -0.05) is 0 Å². The topological polar surface area (TPSA) is 72.2 Å². The van der Waals surface area contributed by atoms with Crippen LogP contribution in [0.2, 0.25) is 0 Å². The molecule has 0 saturated carbocycles. The van der Waals surface area contributed by atoms with Gasteiger partial charge < -0.3 is 11.1 Å². The van der Waals surface area contributed by atoms with E-state index in [1.807, 2.05) is 6.92 Å². The number of carbonyl (C=O) groups excluding carboxylic acids is 1. The predicted octanol–water partition coefficient (Wildman–Crippen LogP) is -0.393. The van der Waals surface area contributed by atoms with Crippen molar-refractivity contribution >= 4 is 16.7 Å². The lowest BCUT2D eigenvalue weighted by molar-refractivity contribution is -0.121. The lowest BCUT2D eigenvalue weighted by Crippen LogP contribution is -2.38. The Kier molecular flexibility index (Phi) is 5.90. The summed E-state index contributed by atoms with van der Waals surface area (Å²) in [6, 6.07) is -0.170. The smallest absolute Gasteiger partial charge is 0.221 e. The summed E-state index contributed by atoms with van der Waals surface area (Å²) in [5.41, 5.74) is 5.45. The SMILES string of the molecule is CC(N)CC(=O)NC(C)CS(C)=O. The number of carbonyl (C=O) groups is 1. The molecule has 0 saturated heterocycles. The first-order valence-corrected chi connectivity index (χ1v) is 5.99. The maximum atomic E-state index is 11.2. The van der Waals surface area contributed by atoms with Crippen LogP contribution in [0.1, 0.15) is 20.3 Å². The summed E-state index contributed by atoms with van der Waals surface area (Å²) in [4.78, 5) is 11.2. The Labute approximate surface area is 81.7 Å². The van der Waals surface area contributed by atoms with E-state index in [1.165, 1.54) is 0 Å². The van der Waals surface area contributed by atoms with Crippen LogP contribution in [0.3, 0.4) is 0 Å². The molecule has 0 aliphatic heterocycles. The molecule has 0 bridgehead atoms. The monoisotopic (exact) mass is 206 g/mol. The van der Waals surface area contributed by atoms with Gasteiger partial charge in [0, 0.05) is 41.3 Å². The third-order valence-electron chi connectivity index (χ3n) is 1.40. The zero-order valence-corrected chi connectivity index (χ0v) is 9.19. The molecule has 1 amide bonds. The van der Waals surface area contributed by atoms with Gasteiger partial charge in [0.2, 0.25) is 5.91 Å². The van der Waals surface area contributed by atoms with Crippen LogP contribution < -0.4 is 11.1 Å². The molecule has 0 radical (unpaired) electrons. The highest BCUT2D eigenvalue weighted by atomic mass is 32.2. The van der Waals surface area contributed by atoms with E-state index in [9.17, 15) is 9.00 Å². The maximum absolute atomic E-state index is 11.2. The lowest BCUT2D eigenvalue weighted by atomic mass is 10.2. The summed E-state index contributed by atoms with van der Waals surface area (Å²) in [5.74, 6) is 0.415. The van der Waals surface area contributed by atoms with Crippen molar-refractivity contribution in [3.05, 3.63) is 0 Å². The Morgan fingerprint density at radius 3 is 2.46 bits per heavy atom. The number of hydrogen-bond donors (Lipinski definition) is 2. The molecule has 0 aliphatic carbocycles. The molecule has 3 N–H and O–H groups in total. The Morgan fingerprint density at radius 2 is 2.08 bits per heavy atom. The molecule has 4 nitrogen and oxygen atoms in total. The van der Waals surface area contributed by atoms with Crippen molar-refractivity contribution < 1.29 is 9.00 Å². The summed E-state index contributed by atoms with van der Waals surface area (Å²) in [6.45, 7) is 3.61. The van der Waals surface area contributed by atoms with E-state index < -0.39 is 10.8 Å². The fourth-order valence-electron chi connectivity index (χ4n) is 1.02. The van der Waals surface area contributed by atoms with Crippen molar-refractivity contribution in [3.8, 4) is 0 Å². The van der Waals surface area contributed by atoms with Crippen molar-refractivity contribution in [2.45, 2.75) is 32.4 Å². The average Bonchev–Trinajstić information content (AvgIpc) is 1.80. The van der Waals surface area contributed by atoms with Crippen LogP contribution in [0.4, 0.5) is 0 Å². The molecule has 0 fully saturated rings. The third kappa shape index (κ3) is 7.93. The molecule has 0 heterocycles. The Balaban J connectivity index is 3.71. The average molecular weight is 206 g/mol. The minimum absolute atomic E-state index is 0.0444. The number of rotatable bonds is 5. The molecule has 3 unspecified atom stereocenters. The molecule has 0 spiro atoms. The Bertz CT molecular complexity index is 195. The van der Waals surface area contributed by atoms with Crippen molar-refractivity contribution in [2.24, 2.45) is 5.73 Å². The van der Waals surface area contributed by atoms with E-state index in [1.54, 1.807) is 13.2 Å². The molecule has 0 aliphatic rings. The molecule has 3 atom stereocenters. The van der Waals surface area contributed by atoms with Crippen LogP contribution >= 0.6 is 0 Å². The molecule has 0 aromatic heterocycles. The van der Waals surface area contributed by atoms with E-state index in [-0.39, 0.29) is 18.0 Å². The molecule has 0 aromatic rings. The summed E-state index contributed by atoms with van der Waals surface area (Å²) < 4.78 is 10.8. The van der Waals surface area contributed by atoms with Crippen LogP contribution in [-0.2, 0) is 15.6 Å². The van der Waals surface area contributed by atoms with E-state index >= 15 is 0 Å². The second-order valence-corrected chi connectivity index (χ2v) is 4.87. The van der Waals surface area contributed by atoms with Gasteiger partial charge in [-0.3, -0.25) is 9.00 Å². The molecule has 0 aromatic carbocycles. The molecular formula is C8H18N2O2S. The first-order valence-electron chi connectivity index (χ1n) is 4.26. The van der Waals surface area contributed by atoms with Gasteiger partial charge >= 0.3 is 0 Å². The second kappa shape index (κ2) is 6.10. The van der Waals surface area contributed by atoms with E-state index in [2.05, 4.69) is 5.32 Å². The van der Waals surface area contributed by atoms with Crippen molar-refractivity contribution in [2.75, 3.05) is 12.0 Å². The zero-order valence-electron chi connectivity index (χ0n) is 8.37. The van der Waals surface area contributed by atoms with Gasteiger partial charge in [-0.2, -0.15) is 0 Å². The normalized spacial score (nSPS) is 17.5. The van der Waals surface area contributed by atoms with E-state index in [0.717, 1.165) is 0 Å². The van der Waals surface area contributed by atoms with E-state index in [4.69, 9.17) is 5.73 Å². The minimum Gasteiger partial charge on any atom is -0.353 e. The van der Waals surface area contributed by atoms with Gasteiger partial charge in [-0.05, 0) is 13.8 Å². The van der Waals surface area contributed by atoms with E-state index in [0.29, 0.717) is 12.2 Å². The highest BCUT2D eigenvalue weighted by molar-refractivity contribution is 7.84. The van der Waals surface area contributed by atoms with Gasteiger partial charge in [-0.25, -0.2) is 0 Å². The minimum atomic E-state index is -0.871. The number of nitrogens with two attached hydrogens (primary N) is 1. The predicted molar refractivity (Wildman–Crippen MR) is 54.8 cm³/mol. The van der Waals surface area contributed by atoms with Crippen LogP contribution in [0.5, 0.6) is 0 Å². The van der Waals surface area contributed by atoms with Gasteiger partial charge in [0.15, 0.2) is 0 Å². The quantitative estimate of drug-likeness (QED) is 0.643. The first kappa shape index (κ1) is 12.6. The van der Waals surface area contributed by atoms with Crippen molar-refractivity contribution in [1.29, 1.82) is 0 Å². The summed E-state index contributed by atoms with van der Waals surface area (Å²) in [7, 11) is -0.871. The number of hydrogen-bond acceptors (Lipinski definition) is 3. The first-order chi connectivity index (χ1) is 5.91.